The first-order chi connectivity index (χ1) is 12.4. The van der Waals surface area contributed by atoms with Gasteiger partial charge >= 0.3 is 6.18 Å². The van der Waals surface area contributed by atoms with Crippen LogP contribution in [0.5, 0.6) is 11.5 Å². The molecule has 0 bridgehead atoms. The first-order valence-electron chi connectivity index (χ1n) is 7.76. The maximum absolute atomic E-state index is 12.9. The van der Waals surface area contributed by atoms with Crippen molar-refractivity contribution in [3.8, 4) is 23.3 Å². The van der Waals surface area contributed by atoms with Gasteiger partial charge in [-0.15, -0.1) is 0 Å². The largest absolute Gasteiger partial charge is 0.485 e. The summed E-state index contributed by atoms with van der Waals surface area (Å²) in [6.07, 6.45) is -5.32. The van der Waals surface area contributed by atoms with Crippen molar-refractivity contribution < 1.29 is 27.4 Å². The van der Waals surface area contributed by atoms with Crippen LogP contribution in [0.15, 0.2) is 48.5 Å². The molecule has 2 aromatic rings. The zero-order chi connectivity index (χ0) is 18.6. The van der Waals surface area contributed by atoms with Crippen LogP contribution in [-0.2, 0) is 11.0 Å². The molecule has 0 aliphatic carbocycles. The number of benzene rings is 2. The summed E-state index contributed by atoms with van der Waals surface area (Å²) in [6, 6.07) is 12.0. The van der Waals surface area contributed by atoms with Crippen LogP contribution in [0.25, 0.3) is 0 Å². The third kappa shape index (κ3) is 4.09. The van der Waals surface area contributed by atoms with Gasteiger partial charge in [-0.3, -0.25) is 4.79 Å². The molecule has 1 amide bonds. The summed E-state index contributed by atoms with van der Waals surface area (Å²) in [7, 11) is 0. The number of alkyl halides is 3. The van der Waals surface area contributed by atoms with Gasteiger partial charge in [0.25, 0.3) is 5.91 Å². The SMILES string of the molecule is O=C(NCC#Cc1ccccc1C(F)(F)F)C1COc2ccccc2O1. The van der Waals surface area contributed by atoms with E-state index >= 15 is 0 Å². The van der Waals surface area contributed by atoms with Crippen LogP contribution in [0.2, 0.25) is 0 Å². The number of carbonyl (C=O) groups is 1. The molecule has 1 N–H and O–H groups in total. The van der Waals surface area contributed by atoms with Gasteiger partial charge in [-0.05, 0) is 24.3 Å². The Morgan fingerprint density at radius 3 is 2.58 bits per heavy atom. The van der Waals surface area contributed by atoms with Crippen molar-refractivity contribution in [3.05, 3.63) is 59.7 Å². The third-order valence-electron chi connectivity index (χ3n) is 3.61. The average Bonchev–Trinajstić information content (AvgIpc) is 2.64. The fraction of sp³-hybridized carbons (Fsp3) is 0.211. The highest BCUT2D eigenvalue weighted by atomic mass is 19.4. The number of ether oxygens (including phenoxy) is 2. The van der Waals surface area contributed by atoms with E-state index in [0.29, 0.717) is 11.5 Å². The summed E-state index contributed by atoms with van der Waals surface area (Å²) < 4.78 is 49.6. The van der Waals surface area contributed by atoms with Crippen molar-refractivity contribution >= 4 is 5.91 Å². The van der Waals surface area contributed by atoms with E-state index in [2.05, 4.69) is 17.2 Å². The molecule has 3 rings (SSSR count). The van der Waals surface area contributed by atoms with E-state index in [1.54, 1.807) is 24.3 Å². The molecule has 134 valence electrons. The molecule has 1 unspecified atom stereocenters. The molecule has 2 aromatic carbocycles. The second kappa shape index (κ2) is 7.40. The number of halogens is 3. The monoisotopic (exact) mass is 361 g/mol. The van der Waals surface area contributed by atoms with Crippen molar-refractivity contribution in [2.45, 2.75) is 12.3 Å². The maximum atomic E-state index is 12.9. The number of carbonyl (C=O) groups excluding carboxylic acids is 1. The number of fused-ring (bicyclic) bond motifs is 1. The third-order valence-corrected chi connectivity index (χ3v) is 3.61. The first-order valence-corrected chi connectivity index (χ1v) is 7.76. The van der Waals surface area contributed by atoms with Gasteiger partial charge in [0.05, 0.1) is 12.1 Å². The van der Waals surface area contributed by atoms with Gasteiger partial charge < -0.3 is 14.8 Å². The lowest BCUT2D eigenvalue weighted by Crippen LogP contribution is -2.44. The molecule has 0 radical (unpaired) electrons. The molecule has 0 aromatic heterocycles. The number of para-hydroxylation sites is 2. The molecular weight excluding hydrogens is 347 g/mol. The summed E-state index contributed by atoms with van der Waals surface area (Å²) in [6.45, 7) is -0.0558. The Morgan fingerprint density at radius 1 is 1.12 bits per heavy atom. The highest BCUT2D eigenvalue weighted by molar-refractivity contribution is 5.82. The second-order valence-electron chi connectivity index (χ2n) is 5.43. The van der Waals surface area contributed by atoms with Gasteiger partial charge in [-0.1, -0.05) is 36.1 Å². The predicted molar refractivity (Wildman–Crippen MR) is 87.7 cm³/mol. The van der Waals surface area contributed by atoms with Crippen LogP contribution in [0.1, 0.15) is 11.1 Å². The molecule has 1 aliphatic heterocycles. The lowest BCUT2D eigenvalue weighted by atomic mass is 10.1. The standard InChI is InChI=1S/C19H14F3NO3/c20-19(21,22)14-8-2-1-6-13(14)7-5-11-23-18(24)17-12-25-15-9-3-4-10-16(15)26-17/h1-4,6,8-10,17H,11-12H2,(H,23,24). The highest BCUT2D eigenvalue weighted by Crippen LogP contribution is 2.32. The molecule has 0 fully saturated rings. The molecule has 26 heavy (non-hydrogen) atoms. The predicted octanol–water partition coefficient (Wildman–Crippen LogP) is 3.01. The number of hydrogen-bond donors (Lipinski definition) is 1. The summed E-state index contributed by atoms with van der Waals surface area (Å²) in [4.78, 5) is 12.1. The minimum absolute atomic E-state index is 0.0488. The van der Waals surface area contributed by atoms with Crippen LogP contribution >= 0.6 is 0 Å². The molecule has 1 heterocycles. The van der Waals surface area contributed by atoms with Crippen molar-refractivity contribution in [3.63, 3.8) is 0 Å². The molecule has 4 nitrogen and oxygen atoms in total. The van der Waals surface area contributed by atoms with E-state index in [0.717, 1.165) is 6.07 Å². The van der Waals surface area contributed by atoms with E-state index in [-0.39, 0.29) is 18.7 Å². The van der Waals surface area contributed by atoms with E-state index in [1.807, 2.05) is 0 Å². The van der Waals surface area contributed by atoms with E-state index in [4.69, 9.17) is 9.47 Å². The number of hydrogen-bond acceptors (Lipinski definition) is 3. The Morgan fingerprint density at radius 2 is 1.81 bits per heavy atom. The molecule has 0 saturated heterocycles. The van der Waals surface area contributed by atoms with Gasteiger partial charge in [0.1, 0.15) is 6.61 Å². The Hall–Kier alpha value is -3.14. The smallest absolute Gasteiger partial charge is 0.417 e. The van der Waals surface area contributed by atoms with E-state index in [9.17, 15) is 18.0 Å². The average molecular weight is 361 g/mol. The van der Waals surface area contributed by atoms with Crippen LogP contribution in [0.3, 0.4) is 0 Å². The van der Waals surface area contributed by atoms with Gasteiger partial charge in [-0.2, -0.15) is 13.2 Å². The summed E-state index contributed by atoms with van der Waals surface area (Å²) in [5, 5.41) is 2.51. The van der Waals surface area contributed by atoms with Gasteiger partial charge in [0.15, 0.2) is 11.5 Å². The molecule has 0 saturated carbocycles. The van der Waals surface area contributed by atoms with Crippen LogP contribution in [0.4, 0.5) is 13.2 Å². The summed E-state index contributed by atoms with van der Waals surface area (Å²) in [5.41, 5.74) is -0.945. The highest BCUT2D eigenvalue weighted by Gasteiger charge is 2.32. The zero-order valence-electron chi connectivity index (χ0n) is 13.5. The summed E-state index contributed by atoms with van der Waals surface area (Å²) in [5.74, 6) is 5.53. The van der Waals surface area contributed by atoms with Crippen molar-refractivity contribution in [2.75, 3.05) is 13.2 Å². The number of rotatable bonds is 2. The first kappa shape index (κ1) is 17.7. The maximum Gasteiger partial charge on any atom is 0.417 e. The quantitative estimate of drug-likeness (QED) is 0.837. The topological polar surface area (TPSA) is 47.6 Å². The zero-order valence-corrected chi connectivity index (χ0v) is 13.5. The Bertz CT molecular complexity index is 868. The molecule has 7 heteroatoms. The minimum atomic E-state index is -4.48. The van der Waals surface area contributed by atoms with E-state index in [1.165, 1.54) is 18.2 Å². The minimum Gasteiger partial charge on any atom is -0.485 e. The molecule has 1 atom stereocenters. The second-order valence-corrected chi connectivity index (χ2v) is 5.43. The van der Waals surface area contributed by atoms with Gasteiger partial charge in [-0.25, -0.2) is 0 Å². The van der Waals surface area contributed by atoms with Crippen LogP contribution in [0, 0.1) is 11.8 Å². The lowest BCUT2D eigenvalue weighted by molar-refractivity contribution is -0.137. The molecule has 1 aliphatic rings. The molecule has 0 spiro atoms. The van der Waals surface area contributed by atoms with Crippen molar-refractivity contribution in [1.29, 1.82) is 0 Å². The fourth-order valence-electron chi connectivity index (χ4n) is 2.37. The van der Waals surface area contributed by atoms with Crippen molar-refractivity contribution in [1.82, 2.24) is 5.32 Å². The Balaban J connectivity index is 1.59. The number of amides is 1. The lowest BCUT2D eigenvalue weighted by Gasteiger charge is -2.25. The Kier molecular flexibility index (Phi) is 5.03. The Labute approximate surface area is 147 Å². The van der Waals surface area contributed by atoms with Crippen molar-refractivity contribution in [2.24, 2.45) is 0 Å². The number of nitrogens with one attached hydrogen (secondary N) is 1. The summed E-state index contributed by atoms with van der Waals surface area (Å²) >= 11 is 0. The van der Waals surface area contributed by atoms with Gasteiger partial charge in [0.2, 0.25) is 6.10 Å². The van der Waals surface area contributed by atoms with Crippen LogP contribution < -0.4 is 14.8 Å². The van der Waals surface area contributed by atoms with Gasteiger partial charge in [0, 0.05) is 5.56 Å². The molecular formula is C19H14F3NO3. The fourth-order valence-corrected chi connectivity index (χ4v) is 2.37. The normalized spacial score (nSPS) is 15.6. The van der Waals surface area contributed by atoms with Crippen LogP contribution in [-0.4, -0.2) is 25.2 Å². The van der Waals surface area contributed by atoms with E-state index < -0.39 is 23.8 Å².